The number of esters is 1. The molecule has 0 fully saturated rings. The summed E-state index contributed by atoms with van der Waals surface area (Å²) in [5.41, 5.74) is 1.54. The molecule has 0 bridgehead atoms. The minimum Gasteiger partial charge on any atom is -0.449 e. The van der Waals surface area contributed by atoms with Gasteiger partial charge in [-0.2, -0.15) is 0 Å². The molecule has 1 N–H and O–H groups in total. The average molecular weight is 360 g/mol. The van der Waals surface area contributed by atoms with Gasteiger partial charge in [0, 0.05) is 17.5 Å². The maximum atomic E-state index is 12.2. The van der Waals surface area contributed by atoms with E-state index in [1.165, 1.54) is 5.56 Å². The minimum absolute atomic E-state index is 0.226. The van der Waals surface area contributed by atoms with Gasteiger partial charge in [-0.25, -0.2) is 4.79 Å². The van der Waals surface area contributed by atoms with E-state index >= 15 is 0 Å². The Kier molecular flexibility index (Phi) is 7.02. The number of carbonyl (C=O) groups excluding carboxylic acids is 2. The molecule has 0 aliphatic carbocycles. The van der Waals surface area contributed by atoms with Crippen molar-refractivity contribution in [3.63, 3.8) is 0 Å². The molecule has 5 heteroatoms. The first-order chi connectivity index (χ1) is 12.0. The lowest BCUT2D eigenvalue weighted by atomic mass is 9.96. The Morgan fingerprint density at radius 2 is 1.72 bits per heavy atom. The summed E-state index contributed by atoms with van der Waals surface area (Å²) in [5, 5.41) is 3.40. The maximum absolute atomic E-state index is 12.2. The van der Waals surface area contributed by atoms with Crippen LogP contribution in [0.15, 0.2) is 54.6 Å². The first-order valence-corrected chi connectivity index (χ1v) is 8.68. The third-order valence-electron chi connectivity index (χ3n) is 4.02. The first kappa shape index (κ1) is 19.0. The quantitative estimate of drug-likeness (QED) is 0.754. The zero-order valence-electron chi connectivity index (χ0n) is 14.4. The number of hydrogen-bond acceptors (Lipinski definition) is 3. The third kappa shape index (κ3) is 5.61. The average Bonchev–Trinajstić information content (AvgIpc) is 2.63. The van der Waals surface area contributed by atoms with E-state index in [9.17, 15) is 9.59 Å². The van der Waals surface area contributed by atoms with Gasteiger partial charge in [-0.3, -0.25) is 4.79 Å². The summed E-state index contributed by atoms with van der Waals surface area (Å²) in [6.45, 7) is 4.14. The molecule has 2 aromatic carbocycles. The summed E-state index contributed by atoms with van der Waals surface area (Å²) in [6.07, 6.45) is 0.0416. The molecule has 2 atom stereocenters. The fourth-order valence-electron chi connectivity index (χ4n) is 2.46. The molecule has 0 radical (unpaired) electrons. The van der Waals surface area contributed by atoms with E-state index in [1.54, 1.807) is 31.2 Å². The van der Waals surface area contributed by atoms with Crippen molar-refractivity contribution in [1.82, 2.24) is 5.32 Å². The highest BCUT2D eigenvalue weighted by Crippen LogP contribution is 2.18. The van der Waals surface area contributed by atoms with Crippen LogP contribution < -0.4 is 5.32 Å². The maximum Gasteiger partial charge on any atom is 0.338 e. The van der Waals surface area contributed by atoms with Gasteiger partial charge < -0.3 is 10.1 Å². The van der Waals surface area contributed by atoms with Crippen LogP contribution in [0.4, 0.5) is 0 Å². The van der Waals surface area contributed by atoms with Crippen molar-refractivity contribution < 1.29 is 14.3 Å². The van der Waals surface area contributed by atoms with Crippen LogP contribution in [-0.2, 0) is 9.53 Å². The normalized spacial score (nSPS) is 12.9. The van der Waals surface area contributed by atoms with Crippen molar-refractivity contribution in [3.05, 3.63) is 70.7 Å². The van der Waals surface area contributed by atoms with Crippen molar-refractivity contribution >= 4 is 23.5 Å². The highest BCUT2D eigenvalue weighted by atomic mass is 35.5. The van der Waals surface area contributed by atoms with Crippen LogP contribution >= 0.6 is 11.6 Å². The number of amides is 1. The molecule has 0 heterocycles. The second kappa shape index (κ2) is 9.23. The summed E-state index contributed by atoms with van der Waals surface area (Å²) in [4.78, 5) is 24.2. The predicted octanol–water partition coefficient (Wildman–Crippen LogP) is 4.20. The third-order valence-corrected chi connectivity index (χ3v) is 4.27. The SMILES string of the molecule is CC[C@@H](CNC(=O)[C@@H](C)OC(=O)c1ccc(Cl)cc1)c1ccccc1. The summed E-state index contributed by atoms with van der Waals surface area (Å²) < 4.78 is 5.22. The van der Waals surface area contributed by atoms with Crippen molar-refractivity contribution in [2.75, 3.05) is 6.54 Å². The number of ether oxygens (including phenoxy) is 1. The number of halogens is 1. The fourth-order valence-corrected chi connectivity index (χ4v) is 2.58. The lowest BCUT2D eigenvalue weighted by Gasteiger charge is -2.18. The van der Waals surface area contributed by atoms with Crippen LogP contribution in [0.1, 0.15) is 42.1 Å². The summed E-state index contributed by atoms with van der Waals surface area (Å²) in [5.74, 6) is -0.629. The van der Waals surface area contributed by atoms with Gasteiger partial charge in [0.1, 0.15) is 0 Å². The van der Waals surface area contributed by atoms with E-state index in [-0.39, 0.29) is 11.8 Å². The zero-order valence-corrected chi connectivity index (χ0v) is 15.1. The summed E-state index contributed by atoms with van der Waals surface area (Å²) in [7, 11) is 0. The van der Waals surface area contributed by atoms with Crippen LogP contribution in [0, 0.1) is 0 Å². The molecule has 0 aromatic heterocycles. The van der Waals surface area contributed by atoms with Crippen LogP contribution in [0.3, 0.4) is 0 Å². The molecular weight excluding hydrogens is 338 g/mol. The zero-order chi connectivity index (χ0) is 18.2. The molecule has 4 nitrogen and oxygen atoms in total. The Morgan fingerprint density at radius 3 is 2.32 bits per heavy atom. The summed E-state index contributed by atoms with van der Waals surface area (Å²) in [6, 6.07) is 16.4. The first-order valence-electron chi connectivity index (χ1n) is 8.30. The molecule has 0 unspecified atom stereocenters. The van der Waals surface area contributed by atoms with E-state index in [0.717, 1.165) is 6.42 Å². The smallest absolute Gasteiger partial charge is 0.338 e. The molecule has 2 rings (SSSR count). The largest absolute Gasteiger partial charge is 0.449 e. The van der Waals surface area contributed by atoms with Gasteiger partial charge in [-0.1, -0.05) is 48.9 Å². The molecule has 0 saturated carbocycles. The summed E-state index contributed by atoms with van der Waals surface area (Å²) >= 11 is 5.79. The molecule has 0 aliphatic rings. The van der Waals surface area contributed by atoms with Crippen molar-refractivity contribution in [3.8, 4) is 0 Å². The molecule has 0 saturated heterocycles. The van der Waals surface area contributed by atoms with E-state index < -0.39 is 12.1 Å². The van der Waals surface area contributed by atoms with E-state index in [1.807, 2.05) is 30.3 Å². The standard InChI is InChI=1S/C20H22ClNO3/c1-3-15(16-7-5-4-6-8-16)13-22-19(23)14(2)25-20(24)17-9-11-18(21)12-10-17/h4-12,14-15H,3,13H2,1-2H3,(H,22,23)/t14-,15+/m1/s1. The Balaban J connectivity index is 1.87. The minimum atomic E-state index is -0.864. The van der Waals surface area contributed by atoms with Crippen LogP contribution in [0.25, 0.3) is 0 Å². The molecule has 2 aromatic rings. The lowest BCUT2D eigenvalue weighted by molar-refractivity contribution is -0.129. The number of nitrogens with one attached hydrogen (secondary N) is 1. The van der Waals surface area contributed by atoms with Gasteiger partial charge in [0.2, 0.25) is 0 Å². The molecular formula is C20H22ClNO3. The van der Waals surface area contributed by atoms with Crippen molar-refractivity contribution in [2.24, 2.45) is 0 Å². The van der Waals surface area contributed by atoms with Crippen LogP contribution in [-0.4, -0.2) is 24.5 Å². The van der Waals surface area contributed by atoms with E-state index in [4.69, 9.17) is 16.3 Å². The monoisotopic (exact) mass is 359 g/mol. The fraction of sp³-hybridized carbons (Fsp3) is 0.300. The molecule has 132 valence electrons. The Labute approximate surface area is 153 Å². The molecule has 0 aliphatic heterocycles. The van der Waals surface area contributed by atoms with Crippen molar-refractivity contribution in [1.29, 1.82) is 0 Å². The topological polar surface area (TPSA) is 55.4 Å². The Hall–Kier alpha value is -2.33. The number of rotatable bonds is 7. The highest BCUT2D eigenvalue weighted by molar-refractivity contribution is 6.30. The van der Waals surface area contributed by atoms with Gasteiger partial charge in [0.05, 0.1) is 5.56 Å². The van der Waals surface area contributed by atoms with E-state index in [2.05, 4.69) is 12.2 Å². The number of hydrogen-bond donors (Lipinski definition) is 1. The van der Waals surface area contributed by atoms with E-state index in [0.29, 0.717) is 17.1 Å². The van der Waals surface area contributed by atoms with Gasteiger partial charge in [-0.05, 0) is 43.2 Å². The van der Waals surface area contributed by atoms with Crippen molar-refractivity contribution in [2.45, 2.75) is 32.3 Å². The van der Waals surface area contributed by atoms with Crippen LogP contribution in [0.2, 0.25) is 5.02 Å². The number of carbonyl (C=O) groups is 2. The molecule has 25 heavy (non-hydrogen) atoms. The van der Waals surface area contributed by atoms with Gasteiger partial charge in [0.25, 0.3) is 5.91 Å². The molecule has 0 spiro atoms. The Bertz CT molecular complexity index is 701. The van der Waals surface area contributed by atoms with Gasteiger partial charge >= 0.3 is 5.97 Å². The van der Waals surface area contributed by atoms with Crippen LogP contribution in [0.5, 0.6) is 0 Å². The Morgan fingerprint density at radius 1 is 1.08 bits per heavy atom. The van der Waals surface area contributed by atoms with Gasteiger partial charge in [-0.15, -0.1) is 0 Å². The second-order valence-corrected chi connectivity index (χ2v) is 6.25. The highest BCUT2D eigenvalue weighted by Gasteiger charge is 2.20. The number of benzene rings is 2. The predicted molar refractivity (Wildman–Crippen MR) is 98.8 cm³/mol. The van der Waals surface area contributed by atoms with Gasteiger partial charge in [0.15, 0.2) is 6.10 Å². The molecule has 1 amide bonds. The second-order valence-electron chi connectivity index (χ2n) is 5.82. The lowest BCUT2D eigenvalue weighted by Crippen LogP contribution is -2.38.